The minimum absolute atomic E-state index is 0.00914. The van der Waals surface area contributed by atoms with Crippen molar-refractivity contribution < 1.29 is 24.1 Å². The van der Waals surface area contributed by atoms with Crippen molar-refractivity contribution >= 4 is 28.8 Å². The molecular weight excluding hydrogens is 430 g/mol. The summed E-state index contributed by atoms with van der Waals surface area (Å²) in [7, 11) is 0. The molecule has 2 fully saturated rings. The van der Waals surface area contributed by atoms with E-state index in [9.17, 15) is 19.2 Å². The molecule has 1 heterocycles. The molecule has 1 N–H and O–H groups in total. The highest BCUT2D eigenvalue weighted by molar-refractivity contribution is 6.39. The van der Waals surface area contributed by atoms with E-state index in [0.29, 0.717) is 41.8 Å². The fourth-order valence-electron chi connectivity index (χ4n) is 5.48. The van der Waals surface area contributed by atoms with Crippen LogP contribution in [0.4, 0.5) is 0 Å². The Morgan fingerprint density at radius 3 is 2.03 bits per heavy atom. The number of aliphatic imine (C=N–C) groups is 1. The molecule has 2 aliphatic carbocycles. The minimum atomic E-state index is -0.667. The third-order valence-electron chi connectivity index (χ3n) is 7.37. The van der Waals surface area contributed by atoms with Gasteiger partial charge < -0.3 is 9.80 Å². The van der Waals surface area contributed by atoms with Gasteiger partial charge in [0.15, 0.2) is 11.6 Å². The summed E-state index contributed by atoms with van der Waals surface area (Å²) in [6, 6.07) is 7.01. The first-order chi connectivity index (χ1) is 16.1. The van der Waals surface area contributed by atoms with Crippen LogP contribution in [0.2, 0.25) is 0 Å². The number of carbonyl (C=O) groups excluding carboxylic acids is 4. The van der Waals surface area contributed by atoms with Crippen molar-refractivity contribution in [2.24, 2.45) is 16.3 Å². The number of benzene rings is 1. The molecule has 0 unspecified atom stereocenters. The number of nitrogens with one attached hydrogen (secondary N) is 1. The summed E-state index contributed by atoms with van der Waals surface area (Å²) >= 11 is 0. The summed E-state index contributed by atoms with van der Waals surface area (Å²) < 4.78 is 0. The fraction of sp³-hybridized carbons (Fsp3) is 0.519. The number of carbonyl (C=O) groups is 4. The van der Waals surface area contributed by atoms with Gasteiger partial charge in [0.2, 0.25) is 0 Å². The van der Waals surface area contributed by atoms with E-state index in [1.165, 1.54) is 4.90 Å². The second-order valence-electron chi connectivity index (χ2n) is 10.6. The summed E-state index contributed by atoms with van der Waals surface area (Å²) in [4.78, 5) is 58.7. The highest BCUT2D eigenvalue weighted by Gasteiger charge is 2.41. The normalized spacial score (nSPS) is 21.9. The monoisotopic (exact) mass is 464 g/mol. The molecule has 1 aromatic rings. The molecule has 1 saturated carbocycles. The number of Topliss-reactive ketones (excluding diaryl/α,β-unsaturated/α-hetero) is 4. The lowest BCUT2D eigenvalue weighted by Crippen LogP contribution is -3.15. The van der Waals surface area contributed by atoms with Crippen LogP contribution in [0.25, 0.3) is 0 Å². The molecule has 0 atom stereocenters. The second-order valence-corrected chi connectivity index (χ2v) is 10.6. The fourth-order valence-corrected chi connectivity index (χ4v) is 5.48. The van der Waals surface area contributed by atoms with Crippen molar-refractivity contribution in [1.82, 2.24) is 4.90 Å². The first-order valence-corrected chi connectivity index (χ1v) is 12.1. The van der Waals surface area contributed by atoms with Crippen molar-refractivity contribution in [3.05, 3.63) is 46.7 Å². The van der Waals surface area contributed by atoms with Gasteiger partial charge in [-0.05, 0) is 19.3 Å². The van der Waals surface area contributed by atoms with E-state index in [1.807, 2.05) is 20.8 Å². The highest BCUT2D eigenvalue weighted by Crippen LogP contribution is 2.34. The molecule has 1 aliphatic heterocycles. The molecule has 0 bridgehead atoms. The third kappa shape index (κ3) is 4.67. The lowest BCUT2D eigenvalue weighted by Gasteiger charge is -2.34. The Labute approximate surface area is 200 Å². The standard InChI is InChI=1S/C27H33N3O4/c1-17(23-21(31)15-27(3,4)16-22(23)32)28-9-10-29-11-13-30(14-12-29)18(2)24-25(33)19-7-5-6-8-20(19)26(24)34/h5-8,23H,9-16H2,1-4H3/p+1. The summed E-state index contributed by atoms with van der Waals surface area (Å²) in [6.45, 7) is 12.3. The zero-order valence-electron chi connectivity index (χ0n) is 20.6. The van der Waals surface area contributed by atoms with Crippen molar-refractivity contribution in [3.8, 4) is 0 Å². The van der Waals surface area contributed by atoms with Gasteiger partial charge in [0.25, 0.3) is 0 Å². The van der Waals surface area contributed by atoms with Crippen LogP contribution in [0.5, 0.6) is 0 Å². The Morgan fingerprint density at radius 2 is 1.50 bits per heavy atom. The number of ketones is 4. The number of hydrogen-bond donors (Lipinski definition) is 1. The van der Waals surface area contributed by atoms with E-state index in [2.05, 4.69) is 9.89 Å². The maximum absolute atomic E-state index is 12.8. The number of piperazine rings is 1. The van der Waals surface area contributed by atoms with Crippen LogP contribution in [-0.2, 0) is 9.59 Å². The second kappa shape index (κ2) is 9.37. The summed E-state index contributed by atoms with van der Waals surface area (Å²) in [5.74, 6) is -1.03. The molecule has 0 amide bonds. The molecule has 0 aromatic heterocycles. The van der Waals surface area contributed by atoms with Crippen LogP contribution in [-0.4, -0.2) is 73.0 Å². The van der Waals surface area contributed by atoms with Gasteiger partial charge in [0.05, 0.1) is 44.8 Å². The molecule has 180 valence electrons. The topological polar surface area (TPSA) is 88.3 Å². The van der Waals surface area contributed by atoms with Gasteiger partial charge in [-0.25, -0.2) is 0 Å². The number of hydrogen-bond acceptors (Lipinski definition) is 6. The molecule has 1 saturated heterocycles. The number of quaternary nitrogens is 1. The predicted octanol–water partition coefficient (Wildman–Crippen LogP) is 1.58. The molecule has 34 heavy (non-hydrogen) atoms. The summed E-state index contributed by atoms with van der Waals surface area (Å²) in [6.07, 6.45) is 0.850. The van der Waals surface area contributed by atoms with Crippen LogP contribution < -0.4 is 4.90 Å². The lowest BCUT2D eigenvalue weighted by molar-refractivity contribution is -0.902. The third-order valence-corrected chi connectivity index (χ3v) is 7.37. The number of rotatable bonds is 5. The zero-order valence-corrected chi connectivity index (χ0v) is 20.6. The average molecular weight is 465 g/mol. The van der Waals surface area contributed by atoms with Gasteiger partial charge >= 0.3 is 0 Å². The average Bonchev–Trinajstić information content (AvgIpc) is 3.03. The number of fused-ring (bicyclic) bond motifs is 1. The first kappa shape index (κ1) is 24.2. The van der Waals surface area contributed by atoms with E-state index in [4.69, 9.17) is 0 Å². The Morgan fingerprint density at radius 1 is 0.971 bits per heavy atom. The SMILES string of the molecule is CC(=NCC[NH+]1CCN(C(C)=C2C(=O)c3ccccc3C2=O)CC1)C1C(=O)CC(C)(C)CC1=O. The van der Waals surface area contributed by atoms with E-state index >= 15 is 0 Å². The number of allylic oxidation sites excluding steroid dienone is 2. The van der Waals surface area contributed by atoms with Crippen LogP contribution in [0, 0.1) is 11.3 Å². The summed E-state index contributed by atoms with van der Waals surface area (Å²) in [5.41, 5.74) is 2.45. The smallest absolute Gasteiger partial charge is 0.199 e. The Balaban J connectivity index is 1.32. The van der Waals surface area contributed by atoms with Crippen LogP contribution >= 0.6 is 0 Å². The minimum Gasteiger partial charge on any atom is -0.363 e. The van der Waals surface area contributed by atoms with Crippen molar-refractivity contribution in [2.75, 3.05) is 39.3 Å². The highest BCUT2D eigenvalue weighted by atomic mass is 16.2. The van der Waals surface area contributed by atoms with E-state index in [1.54, 1.807) is 31.2 Å². The molecule has 1 aromatic carbocycles. The molecule has 3 aliphatic rings. The quantitative estimate of drug-likeness (QED) is 0.309. The lowest BCUT2D eigenvalue weighted by atomic mass is 9.70. The maximum atomic E-state index is 12.8. The molecule has 7 heteroatoms. The Bertz CT molecular complexity index is 1050. The summed E-state index contributed by atoms with van der Waals surface area (Å²) in [5, 5.41) is 0. The van der Waals surface area contributed by atoms with Crippen molar-refractivity contribution in [3.63, 3.8) is 0 Å². The van der Waals surface area contributed by atoms with Crippen LogP contribution in [0.1, 0.15) is 61.3 Å². The first-order valence-electron chi connectivity index (χ1n) is 12.1. The van der Waals surface area contributed by atoms with Gasteiger partial charge in [-0.3, -0.25) is 24.2 Å². The van der Waals surface area contributed by atoms with E-state index in [-0.39, 0.29) is 28.5 Å². The van der Waals surface area contributed by atoms with Crippen molar-refractivity contribution in [2.45, 2.75) is 40.5 Å². The van der Waals surface area contributed by atoms with Gasteiger partial charge in [-0.2, -0.15) is 0 Å². The predicted molar refractivity (Wildman–Crippen MR) is 129 cm³/mol. The van der Waals surface area contributed by atoms with Gasteiger partial charge in [0.1, 0.15) is 17.5 Å². The van der Waals surface area contributed by atoms with Crippen molar-refractivity contribution in [1.29, 1.82) is 0 Å². The zero-order chi connectivity index (χ0) is 24.6. The van der Waals surface area contributed by atoms with Gasteiger partial charge in [0, 0.05) is 35.4 Å². The van der Waals surface area contributed by atoms with Crippen LogP contribution in [0.15, 0.2) is 40.5 Å². The van der Waals surface area contributed by atoms with Crippen LogP contribution in [0.3, 0.4) is 0 Å². The van der Waals surface area contributed by atoms with Gasteiger partial charge in [-0.15, -0.1) is 0 Å². The largest absolute Gasteiger partial charge is 0.363 e. The Hall–Kier alpha value is -2.93. The maximum Gasteiger partial charge on any atom is 0.199 e. The molecule has 4 rings (SSSR count). The molecule has 7 nitrogen and oxygen atoms in total. The molecule has 0 spiro atoms. The Kier molecular flexibility index (Phi) is 6.67. The number of nitrogens with zero attached hydrogens (tertiary/aromatic N) is 2. The van der Waals surface area contributed by atoms with Gasteiger partial charge in [-0.1, -0.05) is 38.1 Å². The molecular formula is C27H34N3O4+. The molecule has 0 radical (unpaired) electrons. The van der Waals surface area contributed by atoms with E-state index < -0.39 is 5.92 Å². The van der Waals surface area contributed by atoms with E-state index in [0.717, 1.165) is 38.4 Å².